The van der Waals surface area contributed by atoms with Gasteiger partial charge in [0.15, 0.2) is 32.7 Å². The van der Waals surface area contributed by atoms with Gasteiger partial charge in [0.05, 0.1) is 19.4 Å². The van der Waals surface area contributed by atoms with Gasteiger partial charge in [-0.15, -0.1) is 0 Å². The average molecular weight is 500 g/mol. The van der Waals surface area contributed by atoms with Crippen LogP contribution in [0.5, 0.6) is 5.75 Å². The Kier molecular flexibility index (Phi) is 9.44. The number of benzene rings is 1. The normalized spacial score (nSPS) is 24.6. The highest BCUT2D eigenvalue weighted by Gasteiger charge is 2.53. The Balaban J connectivity index is 2.33. The van der Waals surface area contributed by atoms with Crippen molar-refractivity contribution in [2.75, 3.05) is 19.5 Å². The van der Waals surface area contributed by atoms with Gasteiger partial charge in [0.25, 0.3) is 0 Å². The van der Waals surface area contributed by atoms with Crippen LogP contribution in [0.4, 0.5) is 5.69 Å². The maximum Gasteiger partial charge on any atom is 0.339 e. The second kappa shape index (κ2) is 11.6. The molecule has 190 valence electrons. The summed E-state index contributed by atoms with van der Waals surface area (Å²) in [6.45, 7) is 8.93. The summed E-state index contributed by atoms with van der Waals surface area (Å²) in [5, 5.41) is 13.9. The summed E-state index contributed by atoms with van der Waals surface area (Å²) in [4.78, 5) is 35.7. The van der Waals surface area contributed by atoms with Gasteiger partial charge >= 0.3 is 17.9 Å². The predicted molar refractivity (Wildman–Crippen MR) is 123 cm³/mol. The van der Waals surface area contributed by atoms with Crippen LogP contribution >= 0.6 is 0 Å². The zero-order valence-corrected chi connectivity index (χ0v) is 21.4. The van der Waals surface area contributed by atoms with Crippen LogP contribution in [0, 0.1) is 0 Å². The largest absolute Gasteiger partial charge is 0.467 e. The van der Waals surface area contributed by atoms with Crippen molar-refractivity contribution in [3.05, 3.63) is 23.8 Å². The molecule has 0 unspecified atom stereocenters. The number of esters is 3. The van der Waals surface area contributed by atoms with Crippen LogP contribution < -0.4 is 10.1 Å². The van der Waals surface area contributed by atoms with E-state index in [1.54, 1.807) is 19.2 Å². The quantitative estimate of drug-likeness (QED) is 0.291. The van der Waals surface area contributed by atoms with E-state index in [-0.39, 0.29) is 0 Å². The molecule has 2 rings (SSSR count). The van der Waals surface area contributed by atoms with Crippen molar-refractivity contribution < 1.29 is 47.6 Å². The van der Waals surface area contributed by atoms with E-state index in [4.69, 9.17) is 28.1 Å². The number of methoxy groups -OCH3 is 1. The van der Waals surface area contributed by atoms with E-state index in [1.807, 2.05) is 6.07 Å². The minimum Gasteiger partial charge on any atom is -0.467 e. The summed E-state index contributed by atoms with van der Waals surface area (Å²) >= 11 is 0. The number of aliphatic hydroxyl groups is 1. The lowest BCUT2D eigenvalue weighted by atomic mass is 9.98. The van der Waals surface area contributed by atoms with Crippen molar-refractivity contribution in [3.63, 3.8) is 0 Å². The molecule has 0 aromatic heterocycles. The van der Waals surface area contributed by atoms with Crippen LogP contribution in [0.25, 0.3) is 0 Å². The van der Waals surface area contributed by atoms with E-state index in [9.17, 15) is 19.5 Å². The Bertz CT molecular complexity index is 887. The molecule has 12 heteroatoms. The van der Waals surface area contributed by atoms with E-state index in [2.05, 4.69) is 25.0 Å². The summed E-state index contributed by atoms with van der Waals surface area (Å²) in [5.41, 5.74) is 1.48. The SMILES string of the molecule is CNc1cc(CO[Si](C)(C)C)ccc1O[C@@H]1O[C@H](C(=O)OC)[C@@H](OC(C)=O)[C@H](OC(C)=O)[C@H]1O. The Morgan fingerprint density at radius 2 is 1.71 bits per heavy atom. The number of ether oxygens (including phenoxy) is 5. The van der Waals surface area contributed by atoms with Crippen molar-refractivity contribution in [1.82, 2.24) is 0 Å². The van der Waals surface area contributed by atoms with Gasteiger partial charge in [0, 0.05) is 20.9 Å². The highest BCUT2D eigenvalue weighted by Crippen LogP contribution is 2.33. The maximum atomic E-state index is 12.4. The van der Waals surface area contributed by atoms with E-state index in [0.29, 0.717) is 18.0 Å². The molecular formula is C22H33NO10Si. The van der Waals surface area contributed by atoms with Gasteiger partial charge in [0.2, 0.25) is 6.29 Å². The standard InChI is InChI=1S/C22H33NO10Si/c1-12(24)30-18-17(26)22(33-20(21(27)28-4)19(18)31-13(2)25)32-16-9-8-14(10-15(16)23-3)11-29-34(5,6)7/h8-10,17-20,22-23,26H,11H2,1-7H3/t17-,18-,19+,20+,22-/m1/s1. The van der Waals surface area contributed by atoms with Crippen LogP contribution in [-0.4, -0.2) is 76.2 Å². The molecule has 1 aromatic carbocycles. The lowest BCUT2D eigenvalue weighted by molar-refractivity contribution is -0.278. The number of hydrogen-bond acceptors (Lipinski definition) is 11. The fourth-order valence-electron chi connectivity index (χ4n) is 3.27. The third kappa shape index (κ3) is 7.42. The lowest BCUT2D eigenvalue weighted by Gasteiger charge is -2.41. The third-order valence-electron chi connectivity index (χ3n) is 4.78. The molecule has 1 fully saturated rings. The molecule has 1 heterocycles. The first-order chi connectivity index (χ1) is 15.9. The van der Waals surface area contributed by atoms with Crippen LogP contribution in [-0.2, 0) is 44.4 Å². The summed E-state index contributed by atoms with van der Waals surface area (Å²) in [7, 11) is 1.10. The highest BCUT2D eigenvalue weighted by atomic mass is 28.4. The van der Waals surface area contributed by atoms with Crippen LogP contribution in [0.1, 0.15) is 19.4 Å². The zero-order chi connectivity index (χ0) is 25.6. The molecule has 1 aromatic rings. The van der Waals surface area contributed by atoms with E-state index in [0.717, 1.165) is 26.5 Å². The molecule has 0 bridgehead atoms. The minimum absolute atomic E-state index is 0.305. The van der Waals surface area contributed by atoms with Crippen molar-refractivity contribution in [1.29, 1.82) is 0 Å². The molecule has 0 radical (unpaired) electrons. The van der Waals surface area contributed by atoms with Crippen molar-refractivity contribution in [2.24, 2.45) is 0 Å². The van der Waals surface area contributed by atoms with Gasteiger partial charge in [-0.3, -0.25) is 9.59 Å². The van der Waals surface area contributed by atoms with E-state index >= 15 is 0 Å². The number of rotatable bonds is 9. The Morgan fingerprint density at radius 1 is 1.09 bits per heavy atom. The van der Waals surface area contributed by atoms with E-state index in [1.165, 1.54) is 0 Å². The maximum absolute atomic E-state index is 12.4. The minimum atomic E-state index is -1.71. The van der Waals surface area contributed by atoms with Gasteiger partial charge < -0.3 is 38.5 Å². The van der Waals surface area contributed by atoms with Gasteiger partial charge in [-0.05, 0) is 37.3 Å². The molecule has 0 amide bonds. The summed E-state index contributed by atoms with van der Waals surface area (Å²) in [5.74, 6) is -2.11. The molecule has 1 saturated heterocycles. The van der Waals surface area contributed by atoms with Crippen molar-refractivity contribution >= 4 is 31.9 Å². The number of nitrogens with one attached hydrogen (secondary N) is 1. The van der Waals surface area contributed by atoms with Gasteiger partial charge in [-0.1, -0.05) is 6.07 Å². The highest BCUT2D eigenvalue weighted by molar-refractivity contribution is 6.69. The average Bonchev–Trinajstić information content (AvgIpc) is 2.75. The molecule has 1 aliphatic heterocycles. The second-order valence-corrected chi connectivity index (χ2v) is 13.2. The van der Waals surface area contributed by atoms with E-state index < -0.39 is 56.9 Å². The summed E-state index contributed by atoms with van der Waals surface area (Å²) < 4.78 is 32.5. The molecule has 0 aliphatic carbocycles. The molecule has 1 aliphatic rings. The first-order valence-electron chi connectivity index (χ1n) is 10.7. The summed E-state index contributed by atoms with van der Waals surface area (Å²) in [6.07, 6.45) is -7.42. The number of carbonyl (C=O) groups excluding carboxylic acids is 3. The van der Waals surface area contributed by atoms with Crippen LogP contribution in [0.15, 0.2) is 18.2 Å². The lowest BCUT2D eigenvalue weighted by Crippen LogP contribution is -2.63. The number of carbonyl (C=O) groups is 3. The fraction of sp³-hybridized carbons (Fsp3) is 0.591. The molecular weight excluding hydrogens is 466 g/mol. The van der Waals surface area contributed by atoms with Crippen molar-refractivity contribution in [2.45, 2.75) is 70.8 Å². The molecule has 5 atom stereocenters. The fourth-order valence-corrected chi connectivity index (χ4v) is 3.87. The Labute approximate surface area is 199 Å². The predicted octanol–water partition coefficient (Wildman–Crippen LogP) is 1.58. The first kappa shape index (κ1) is 27.6. The number of hydrogen-bond donors (Lipinski definition) is 2. The molecule has 34 heavy (non-hydrogen) atoms. The van der Waals surface area contributed by atoms with Crippen LogP contribution in [0.3, 0.4) is 0 Å². The van der Waals surface area contributed by atoms with Gasteiger partial charge in [-0.2, -0.15) is 0 Å². The number of aliphatic hydroxyl groups excluding tert-OH is 1. The molecule has 0 saturated carbocycles. The van der Waals surface area contributed by atoms with Crippen molar-refractivity contribution in [3.8, 4) is 5.75 Å². The zero-order valence-electron chi connectivity index (χ0n) is 20.4. The third-order valence-corrected chi connectivity index (χ3v) is 5.79. The van der Waals surface area contributed by atoms with Gasteiger partial charge in [-0.25, -0.2) is 4.79 Å². The first-order valence-corrected chi connectivity index (χ1v) is 14.1. The van der Waals surface area contributed by atoms with Gasteiger partial charge in [0.1, 0.15) is 5.75 Å². The summed E-state index contributed by atoms with van der Waals surface area (Å²) in [6, 6.07) is 5.29. The second-order valence-electron chi connectivity index (χ2n) is 8.69. The topological polar surface area (TPSA) is 139 Å². The molecule has 11 nitrogen and oxygen atoms in total. The Morgan fingerprint density at radius 3 is 2.24 bits per heavy atom. The van der Waals surface area contributed by atoms with Crippen LogP contribution in [0.2, 0.25) is 19.6 Å². The molecule has 0 spiro atoms. The number of anilines is 1. The monoisotopic (exact) mass is 499 g/mol. The Hall–Kier alpha value is -2.67. The molecule has 2 N–H and O–H groups in total. The smallest absolute Gasteiger partial charge is 0.339 e.